The second-order valence-corrected chi connectivity index (χ2v) is 8.65. The molecule has 1 fully saturated rings. The highest BCUT2D eigenvalue weighted by atomic mass is 32.2. The summed E-state index contributed by atoms with van der Waals surface area (Å²) in [5.41, 5.74) is 2.75. The first-order valence-electron chi connectivity index (χ1n) is 9.25. The Kier molecular flexibility index (Phi) is 5.74. The number of hydrogen-bond acceptors (Lipinski definition) is 6. The van der Waals surface area contributed by atoms with Crippen LogP contribution in [0.25, 0.3) is 0 Å². The van der Waals surface area contributed by atoms with Gasteiger partial charge in [0.15, 0.2) is 0 Å². The molecule has 0 saturated carbocycles. The van der Waals surface area contributed by atoms with E-state index in [0.717, 1.165) is 22.0 Å². The molecule has 4 rings (SSSR count). The van der Waals surface area contributed by atoms with Gasteiger partial charge < -0.3 is 9.64 Å². The molecule has 0 spiro atoms. The van der Waals surface area contributed by atoms with Crippen LogP contribution in [0.1, 0.15) is 17.9 Å². The first kappa shape index (κ1) is 19.7. The van der Waals surface area contributed by atoms with E-state index in [1.807, 2.05) is 42.7 Å². The highest BCUT2D eigenvalue weighted by Crippen LogP contribution is 2.43. The number of anilines is 1. The normalized spacial score (nSPS) is 19.1. The highest BCUT2D eigenvalue weighted by molar-refractivity contribution is 8.03. The van der Waals surface area contributed by atoms with Gasteiger partial charge in [0.25, 0.3) is 0 Å². The van der Waals surface area contributed by atoms with Crippen LogP contribution in [0, 0.1) is 11.3 Å². The maximum atomic E-state index is 13.0. The molecule has 148 valence electrons. The number of thioether (sulfide) groups is 2. The van der Waals surface area contributed by atoms with Crippen LogP contribution >= 0.6 is 23.5 Å². The molecule has 2 heterocycles. The van der Waals surface area contributed by atoms with E-state index >= 15 is 0 Å². The Morgan fingerprint density at radius 2 is 1.90 bits per heavy atom. The zero-order valence-corrected chi connectivity index (χ0v) is 17.9. The Morgan fingerprint density at radius 3 is 2.52 bits per heavy atom. The lowest BCUT2D eigenvalue weighted by Gasteiger charge is -2.42. The van der Waals surface area contributed by atoms with Gasteiger partial charge >= 0.3 is 0 Å². The fourth-order valence-corrected chi connectivity index (χ4v) is 5.22. The first-order valence-corrected chi connectivity index (χ1v) is 11.5. The van der Waals surface area contributed by atoms with E-state index in [9.17, 15) is 10.1 Å². The summed E-state index contributed by atoms with van der Waals surface area (Å²) in [6.45, 7) is 0.455. The second-order valence-electron chi connectivity index (χ2n) is 6.83. The first-order chi connectivity index (χ1) is 14.1. The summed E-state index contributed by atoms with van der Waals surface area (Å²) < 4.78 is 5.22. The Balaban J connectivity index is 1.61. The van der Waals surface area contributed by atoms with Crippen LogP contribution in [-0.2, 0) is 4.79 Å². The summed E-state index contributed by atoms with van der Waals surface area (Å²) in [5.74, 6) is 1.38. The number of carbonyl (C=O) groups is 1. The highest BCUT2D eigenvalue weighted by Gasteiger charge is 2.38. The number of allylic oxidation sites excluding steroid dienone is 1. The van der Waals surface area contributed by atoms with Crippen molar-refractivity contribution in [1.82, 2.24) is 4.90 Å². The second kappa shape index (κ2) is 8.44. The van der Waals surface area contributed by atoms with Crippen molar-refractivity contribution in [3.05, 3.63) is 64.7 Å². The summed E-state index contributed by atoms with van der Waals surface area (Å²) in [5, 5.41) is 10.7. The molecule has 1 amide bonds. The van der Waals surface area contributed by atoms with Gasteiger partial charge in [0, 0.05) is 22.9 Å². The molecule has 2 aromatic carbocycles. The largest absolute Gasteiger partial charge is 0.497 e. The molecule has 0 aliphatic carbocycles. The fourth-order valence-electron chi connectivity index (χ4n) is 3.64. The van der Waals surface area contributed by atoms with Gasteiger partial charge in [-0.25, -0.2) is 0 Å². The summed E-state index contributed by atoms with van der Waals surface area (Å²) in [6.07, 6.45) is 2.36. The Hall–Kier alpha value is -2.56. The molecule has 5 nitrogen and oxygen atoms in total. The third kappa shape index (κ3) is 3.83. The lowest BCUT2D eigenvalue weighted by Crippen LogP contribution is -2.47. The fraction of sp³-hybridized carbons (Fsp3) is 0.273. The zero-order valence-electron chi connectivity index (χ0n) is 16.3. The van der Waals surface area contributed by atoms with Crippen LogP contribution in [0.2, 0.25) is 0 Å². The molecular formula is C22H21N3O2S2. The van der Waals surface area contributed by atoms with E-state index in [1.165, 1.54) is 4.90 Å². The molecule has 7 heteroatoms. The molecule has 0 bridgehead atoms. The predicted octanol–water partition coefficient (Wildman–Crippen LogP) is 4.64. The van der Waals surface area contributed by atoms with Crippen molar-refractivity contribution < 1.29 is 9.53 Å². The lowest BCUT2D eigenvalue weighted by atomic mass is 9.86. The van der Waals surface area contributed by atoms with Crippen LogP contribution in [0.15, 0.2) is 64.0 Å². The molecule has 2 aliphatic heterocycles. The van der Waals surface area contributed by atoms with Crippen molar-refractivity contribution in [3.63, 3.8) is 0 Å². The minimum atomic E-state index is -0.172. The number of amides is 1. The summed E-state index contributed by atoms with van der Waals surface area (Å²) in [7, 11) is 1.64. The van der Waals surface area contributed by atoms with Crippen LogP contribution in [0.4, 0.5) is 5.69 Å². The molecule has 0 radical (unpaired) electrons. The number of benzene rings is 2. The van der Waals surface area contributed by atoms with Crippen LogP contribution < -0.4 is 9.64 Å². The summed E-state index contributed by atoms with van der Waals surface area (Å²) in [4.78, 5) is 18.1. The molecular weight excluding hydrogens is 402 g/mol. The summed E-state index contributed by atoms with van der Waals surface area (Å²) in [6, 6.07) is 18.4. The van der Waals surface area contributed by atoms with Crippen molar-refractivity contribution in [3.8, 4) is 11.8 Å². The van der Waals surface area contributed by atoms with Gasteiger partial charge in [-0.3, -0.25) is 9.69 Å². The van der Waals surface area contributed by atoms with Gasteiger partial charge in [-0.15, -0.1) is 11.8 Å². The van der Waals surface area contributed by atoms with Gasteiger partial charge in [-0.05, 0) is 48.2 Å². The van der Waals surface area contributed by atoms with E-state index in [0.29, 0.717) is 24.5 Å². The van der Waals surface area contributed by atoms with Crippen molar-refractivity contribution in [2.24, 2.45) is 0 Å². The molecule has 0 unspecified atom stereocenters. The van der Waals surface area contributed by atoms with E-state index in [2.05, 4.69) is 23.1 Å². The van der Waals surface area contributed by atoms with Crippen LogP contribution in [0.5, 0.6) is 5.75 Å². The topological polar surface area (TPSA) is 56.6 Å². The number of ether oxygens (including phenoxy) is 1. The quantitative estimate of drug-likeness (QED) is 0.668. The van der Waals surface area contributed by atoms with Gasteiger partial charge in [0.05, 0.1) is 36.3 Å². The van der Waals surface area contributed by atoms with E-state index in [-0.39, 0.29) is 11.8 Å². The van der Waals surface area contributed by atoms with Gasteiger partial charge in [-0.2, -0.15) is 5.26 Å². The van der Waals surface area contributed by atoms with Gasteiger partial charge in [0.2, 0.25) is 5.91 Å². The predicted molar refractivity (Wildman–Crippen MR) is 118 cm³/mol. The number of carbonyl (C=O) groups excluding carboxylic acids is 1. The van der Waals surface area contributed by atoms with E-state index in [4.69, 9.17) is 4.74 Å². The van der Waals surface area contributed by atoms with Gasteiger partial charge in [0.1, 0.15) is 5.75 Å². The number of nitrogens with zero attached hydrogens (tertiary/aromatic N) is 3. The number of methoxy groups -OCH3 is 1. The smallest absolute Gasteiger partial charge is 0.229 e. The van der Waals surface area contributed by atoms with E-state index < -0.39 is 0 Å². The number of rotatable bonds is 4. The number of hydrogen-bond donors (Lipinski definition) is 0. The molecule has 2 aliphatic rings. The van der Waals surface area contributed by atoms with Crippen molar-refractivity contribution in [1.29, 1.82) is 5.26 Å². The minimum Gasteiger partial charge on any atom is -0.497 e. The minimum absolute atomic E-state index is 0.0589. The maximum Gasteiger partial charge on any atom is 0.229 e. The third-order valence-corrected chi connectivity index (χ3v) is 7.15. The van der Waals surface area contributed by atoms with E-state index in [1.54, 1.807) is 35.5 Å². The standard InChI is InChI=1S/C22H21N3O2S2/c1-27-17-7-5-16(6-8-17)24-13-25-21(26)11-19(20(12-23)22(25)29-14-24)15-3-9-18(28-2)10-4-15/h3-10,19H,11,13-14H2,1-2H3/t19-/m0/s1. The Bertz CT molecular complexity index is 981. The molecule has 1 atom stereocenters. The molecule has 29 heavy (non-hydrogen) atoms. The van der Waals surface area contributed by atoms with Crippen molar-refractivity contribution in [2.75, 3.05) is 30.8 Å². The zero-order chi connectivity index (χ0) is 20.4. The monoisotopic (exact) mass is 423 g/mol. The molecule has 2 aromatic rings. The third-order valence-electron chi connectivity index (χ3n) is 5.25. The van der Waals surface area contributed by atoms with Crippen molar-refractivity contribution >= 4 is 35.1 Å². The summed E-state index contributed by atoms with van der Waals surface area (Å²) >= 11 is 3.24. The maximum absolute atomic E-state index is 13.0. The lowest BCUT2D eigenvalue weighted by molar-refractivity contribution is -0.129. The van der Waals surface area contributed by atoms with Gasteiger partial charge in [-0.1, -0.05) is 23.9 Å². The Morgan fingerprint density at radius 1 is 1.17 bits per heavy atom. The number of nitriles is 1. The average molecular weight is 424 g/mol. The van der Waals surface area contributed by atoms with Crippen LogP contribution in [0.3, 0.4) is 0 Å². The molecule has 0 N–H and O–H groups in total. The average Bonchev–Trinajstić information content (AvgIpc) is 2.79. The molecule has 1 saturated heterocycles. The Labute approximate surface area is 179 Å². The number of fused-ring (bicyclic) bond motifs is 1. The van der Waals surface area contributed by atoms with Crippen molar-refractivity contribution in [2.45, 2.75) is 17.2 Å². The SMILES string of the molecule is COc1ccc(N2CSC3=C(C#N)[C@H](c4ccc(SC)cc4)CC(=O)N3C2)cc1. The van der Waals surface area contributed by atoms with Crippen LogP contribution in [-0.4, -0.2) is 36.7 Å². The molecule has 0 aromatic heterocycles.